The third-order valence-corrected chi connectivity index (χ3v) is 3.81. The van der Waals surface area contributed by atoms with Gasteiger partial charge in [-0.25, -0.2) is 4.98 Å². The van der Waals surface area contributed by atoms with Crippen molar-refractivity contribution in [2.24, 2.45) is 0 Å². The van der Waals surface area contributed by atoms with Crippen LogP contribution >= 0.6 is 12.4 Å². The molecule has 0 bridgehead atoms. The molecule has 0 fully saturated rings. The van der Waals surface area contributed by atoms with Gasteiger partial charge in [-0.15, -0.1) is 12.4 Å². The van der Waals surface area contributed by atoms with Crippen LogP contribution in [0.3, 0.4) is 0 Å². The lowest BCUT2D eigenvalue weighted by Gasteiger charge is -2.22. The zero-order valence-corrected chi connectivity index (χ0v) is 14.9. The van der Waals surface area contributed by atoms with Crippen LogP contribution in [0.25, 0.3) is 6.08 Å². The van der Waals surface area contributed by atoms with Gasteiger partial charge in [0, 0.05) is 11.0 Å². The lowest BCUT2D eigenvalue weighted by atomic mass is 9.83. The smallest absolute Gasteiger partial charge is 0.383 e. The van der Waals surface area contributed by atoms with Crippen molar-refractivity contribution in [1.82, 2.24) is 9.97 Å². The predicted molar refractivity (Wildman–Crippen MR) is 96.3 cm³/mol. The molecule has 1 aromatic heterocycles. The Hall–Kier alpha value is -2.28. The summed E-state index contributed by atoms with van der Waals surface area (Å²) >= 11 is 0. The van der Waals surface area contributed by atoms with Crippen molar-refractivity contribution in [3.05, 3.63) is 52.7 Å². The molecule has 1 aromatic carbocycles. The number of hydrogen-bond acceptors (Lipinski definition) is 4. The van der Waals surface area contributed by atoms with Gasteiger partial charge in [0.25, 0.3) is 0 Å². The van der Waals surface area contributed by atoms with E-state index in [4.69, 9.17) is 11.5 Å². The number of allylic oxidation sites excluding steroid dienone is 1. The third kappa shape index (κ3) is 4.85. The van der Waals surface area contributed by atoms with E-state index >= 15 is 0 Å². The maximum absolute atomic E-state index is 12.7. The molecule has 4 N–H and O–H groups in total. The molecule has 0 amide bonds. The minimum Gasteiger partial charge on any atom is -0.383 e. The highest BCUT2D eigenvalue weighted by atomic mass is 35.5. The average molecular weight is 373 g/mol. The second kappa shape index (κ2) is 7.31. The van der Waals surface area contributed by atoms with Crippen molar-refractivity contribution in [1.29, 1.82) is 0 Å². The first-order chi connectivity index (χ1) is 11.0. The molecule has 25 heavy (non-hydrogen) atoms. The number of rotatable bonds is 3. The summed E-state index contributed by atoms with van der Waals surface area (Å²) in [6, 6.07) is 5.11. The van der Waals surface area contributed by atoms with Crippen LogP contribution in [0.1, 0.15) is 36.2 Å². The number of nitrogens with two attached hydrogens (primary N) is 2. The number of aromatic nitrogens is 2. The Morgan fingerprint density at radius 3 is 1.96 bits per heavy atom. The molecule has 8 heteroatoms. The summed E-state index contributed by atoms with van der Waals surface area (Å²) in [7, 11) is 0. The van der Waals surface area contributed by atoms with E-state index < -0.39 is 17.2 Å². The molecule has 0 radical (unpaired) electrons. The number of hydrogen-bond donors (Lipinski definition) is 2. The van der Waals surface area contributed by atoms with Crippen molar-refractivity contribution in [3.8, 4) is 0 Å². The molecular formula is C17H20ClF3N4. The summed E-state index contributed by atoms with van der Waals surface area (Å²) in [4.78, 5) is 7.97. The van der Waals surface area contributed by atoms with E-state index in [1.807, 2.05) is 19.9 Å². The summed E-state index contributed by atoms with van der Waals surface area (Å²) in [6.07, 6.45) is -0.721. The van der Waals surface area contributed by atoms with E-state index in [2.05, 4.69) is 9.97 Å². The summed E-state index contributed by atoms with van der Waals surface area (Å²) in [5.41, 5.74) is 12.2. The summed E-state index contributed by atoms with van der Waals surface area (Å²) in [6.45, 7) is 5.56. The molecule has 2 rings (SSSR count). The summed E-state index contributed by atoms with van der Waals surface area (Å²) in [5, 5.41) is 0. The van der Waals surface area contributed by atoms with Gasteiger partial charge in [0.05, 0.1) is 11.3 Å². The van der Waals surface area contributed by atoms with Gasteiger partial charge in [0.15, 0.2) is 0 Å². The molecule has 0 saturated carbocycles. The first kappa shape index (κ1) is 20.8. The Morgan fingerprint density at radius 2 is 1.48 bits per heavy atom. The van der Waals surface area contributed by atoms with Gasteiger partial charge in [-0.1, -0.05) is 38.1 Å². The van der Waals surface area contributed by atoms with Gasteiger partial charge >= 0.3 is 6.18 Å². The zero-order chi connectivity index (χ0) is 18.1. The molecule has 0 aliphatic heterocycles. The zero-order valence-electron chi connectivity index (χ0n) is 14.1. The molecule has 136 valence electrons. The standard InChI is InChI=1S/C17H19F3N4.ClH/c1-10-13(14(21)24-15(22)23-10)8-9-16(2,3)11-4-6-12(7-5-11)17(18,19)20;/h4-9H,1-3H3,(H4,21,22,23,24);1H/b9-8+;. The highest BCUT2D eigenvalue weighted by molar-refractivity contribution is 5.85. The summed E-state index contributed by atoms with van der Waals surface area (Å²) < 4.78 is 38.0. The van der Waals surface area contributed by atoms with Crippen molar-refractivity contribution in [2.75, 3.05) is 11.5 Å². The second-order valence-corrected chi connectivity index (χ2v) is 6.10. The largest absolute Gasteiger partial charge is 0.416 e. The lowest BCUT2D eigenvalue weighted by molar-refractivity contribution is -0.137. The van der Waals surface area contributed by atoms with Crippen molar-refractivity contribution in [2.45, 2.75) is 32.4 Å². The minimum absolute atomic E-state index is 0. The minimum atomic E-state index is -4.34. The molecule has 4 nitrogen and oxygen atoms in total. The summed E-state index contributed by atoms with van der Waals surface area (Å²) in [5.74, 6) is 0.364. The number of nitrogen functional groups attached to an aromatic ring is 2. The molecule has 0 atom stereocenters. The fraction of sp³-hybridized carbons (Fsp3) is 0.294. The highest BCUT2D eigenvalue weighted by Gasteiger charge is 2.30. The molecule has 0 aliphatic carbocycles. The molecule has 1 heterocycles. The predicted octanol–water partition coefficient (Wildman–Crippen LogP) is 4.38. The monoisotopic (exact) mass is 372 g/mol. The van der Waals surface area contributed by atoms with Crippen LogP contribution in [-0.2, 0) is 11.6 Å². The molecule has 0 saturated heterocycles. The Labute approximate surface area is 150 Å². The fourth-order valence-corrected chi connectivity index (χ4v) is 2.31. The maximum Gasteiger partial charge on any atom is 0.416 e. The molecule has 0 spiro atoms. The van der Waals surface area contributed by atoms with Crippen LogP contribution in [0.15, 0.2) is 30.3 Å². The van der Waals surface area contributed by atoms with Crippen LogP contribution in [0.5, 0.6) is 0 Å². The molecule has 0 unspecified atom stereocenters. The number of anilines is 2. The van der Waals surface area contributed by atoms with Gasteiger partial charge in [-0.3, -0.25) is 0 Å². The van der Waals surface area contributed by atoms with Crippen molar-refractivity contribution in [3.63, 3.8) is 0 Å². The van der Waals surface area contributed by atoms with Crippen molar-refractivity contribution < 1.29 is 13.2 Å². The van der Waals surface area contributed by atoms with E-state index in [0.29, 0.717) is 11.3 Å². The second-order valence-electron chi connectivity index (χ2n) is 6.10. The normalized spacial score (nSPS) is 12.2. The van der Waals surface area contributed by atoms with Crippen LogP contribution in [-0.4, -0.2) is 9.97 Å². The van der Waals surface area contributed by atoms with Gasteiger partial charge in [0.1, 0.15) is 5.82 Å². The van der Waals surface area contributed by atoms with Gasteiger partial charge in [-0.05, 0) is 24.6 Å². The number of nitrogens with zero attached hydrogens (tertiary/aromatic N) is 2. The average Bonchev–Trinajstić information content (AvgIpc) is 2.45. The maximum atomic E-state index is 12.7. The fourth-order valence-electron chi connectivity index (χ4n) is 2.31. The van der Waals surface area contributed by atoms with Crippen LogP contribution < -0.4 is 11.5 Å². The van der Waals surface area contributed by atoms with Crippen molar-refractivity contribution >= 4 is 30.2 Å². The van der Waals surface area contributed by atoms with E-state index in [-0.39, 0.29) is 24.2 Å². The Bertz CT molecular complexity index is 745. The van der Waals surface area contributed by atoms with E-state index in [0.717, 1.165) is 17.7 Å². The third-order valence-electron chi connectivity index (χ3n) is 3.81. The number of aryl methyl sites for hydroxylation is 1. The van der Waals surface area contributed by atoms with E-state index in [1.165, 1.54) is 12.1 Å². The van der Waals surface area contributed by atoms with Gasteiger partial charge in [0.2, 0.25) is 5.95 Å². The van der Waals surface area contributed by atoms with Gasteiger partial charge < -0.3 is 11.5 Å². The van der Waals surface area contributed by atoms with Crippen LogP contribution in [0.4, 0.5) is 24.9 Å². The number of benzene rings is 1. The number of alkyl halides is 3. The molecule has 0 aliphatic rings. The first-order valence-electron chi connectivity index (χ1n) is 7.27. The Kier molecular flexibility index (Phi) is 6.07. The topological polar surface area (TPSA) is 77.8 Å². The molecular weight excluding hydrogens is 353 g/mol. The molecule has 2 aromatic rings. The number of halogens is 4. The highest BCUT2D eigenvalue weighted by Crippen LogP contribution is 2.32. The van der Waals surface area contributed by atoms with Crippen LogP contribution in [0, 0.1) is 6.92 Å². The Morgan fingerprint density at radius 1 is 0.960 bits per heavy atom. The van der Waals surface area contributed by atoms with Gasteiger partial charge in [-0.2, -0.15) is 18.2 Å². The first-order valence-corrected chi connectivity index (χ1v) is 7.27. The Balaban J connectivity index is 0.00000312. The quantitative estimate of drug-likeness (QED) is 0.838. The lowest BCUT2D eigenvalue weighted by Crippen LogP contribution is -2.14. The van der Waals surface area contributed by atoms with E-state index in [1.54, 1.807) is 13.0 Å². The van der Waals surface area contributed by atoms with Crippen LogP contribution in [0.2, 0.25) is 0 Å². The van der Waals surface area contributed by atoms with E-state index in [9.17, 15) is 13.2 Å². The SMILES string of the molecule is Cc1nc(N)nc(N)c1/C=C/C(C)(C)c1ccc(C(F)(F)F)cc1.Cl.